The summed E-state index contributed by atoms with van der Waals surface area (Å²) >= 11 is 0. The fraction of sp³-hybridized carbons (Fsp3) is 0.438. The number of piperidine rings is 1. The lowest BCUT2D eigenvalue weighted by atomic mass is 10.1. The maximum absolute atomic E-state index is 12.4. The van der Waals surface area contributed by atoms with Gasteiger partial charge >= 0.3 is 0 Å². The molecule has 25 heavy (non-hydrogen) atoms. The van der Waals surface area contributed by atoms with E-state index in [2.05, 4.69) is 15.4 Å². The molecule has 1 fully saturated rings. The van der Waals surface area contributed by atoms with Crippen LogP contribution in [0.15, 0.2) is 36.9 Å². The number of nitrogens with one attached hydrogen (secondary N) is 1. The number of hydrogen-bond donors (Lipinski definition) is 1. The Labute approximate surface area is 146 Å². The summed E-state index contributed by atoms with van der Waals surface area (Å²) in [6, 6.07) is 3.62. The average Bonchev–Trinajstić information content (AvgIpc) is 3.13. The fourth-order valence-corrected chi connectivity index (χ4v) is 3.93. The van der Waals surface area contributed by atoms with E-state index < -0.39 is 10.0 Å². The zero-order valence-corrected chi connectivity index (χ0v) is 14.8. The Morgan fingerprint density at radius 1 is 1.32 bits per heavy atom. The molecule has 2 aromatic heterocycles. The Hall–Kier alpha value is -2.26. The van der Waals surface area contributed by atoms with Crippen molar-refractivity contribution in [3.8, 4) is 5.69 Å². The largest absolute Gasteiger partial charge is 0.349 e. The summed E-state index contributed by atoms with van der Waals surface area (Å²) < 4.78 is 26.8. The van der Waals surface area contributed by atoms with Crippen molar-refractivity contribution >= 4 is 15.9 Å². The van der Waals surface area contributed by atoms with E-state index in [1.165, 1.54) is 10.5 Å². The van der Waals surface area contributed by atoms with Crippen molar-refractivity contribution in [2.45, 2.75) is 25.8 Å². The third-order valence-electron chi connectivity index (χ3n) is 4.30. The number of carbonyl (C=O) groups excluding carboxylic acids is 1. The number of hydrogen-bond acceptors (Lipinski definition) is 5. The maximum atomic E-state index is 12.4. The number of carbonyl (C=O) groups is 1. The van der Waals surface area contributed by atoms with Crippen LogP contribution < -0.4 is 5.32 Å². The first-order chi connectivity index (χ1) is 12.0. The van der Waals surface area contributed by atoms with Gasteiger partial charge in [0, 0.05) is 31.5 Å². The number of amides is 1. The van der Waals surface area contributed by atoms with Gasteiger partial charge in [0.1, 0.15) is 0 Å². The molecular formula is C16H21N5O3S. The molecule has 1 amide bonds. The molecule has 0 saturated carbocycles. The van der Waals surface area contributed by atoms with Crippen molar-refractivity contribution in [1.29, 1.82) is 0 Å². The highest BCUT2D eigenvalue weighted by atomic mass is 32.2. The van der Waals surface area contributed by atoms with Crippen LogP contribution in [-0.4, -0.2) is 58.3 Å². The standard InChI is InChI=1S/C16H21N5O3S/c1-2-25(23,24)20-8-5-14(6-9-20)19-16(22)13-10-18-21(12-13)15-4-3-7-17-11-15/h3-4,7,10-12,14H,2,5-6,8-9H2,1H3,(H,19,22). The van der Waals surface area contributed by atoms with Gasteiger partial charge in [-0.2, -0.15) is 5.10 Å². The average molecular weight is 363 g/mol. The molecule has 0 unspecified atom stereocenters. The van der Waals surface area contributed by atoms with Crippen molar-refractivity contribution in [1.82, 2.24) is 24.4 Å². The van der Waals surface area contributed by atoms with Gasteiger partial charge in [-0.25, -0.2) is 17.4 Å². The monoisotopic (exact) mass is 363 g/mol. The first-order valence-corrected chi connectivity index (χ1v) is 9.84. The van der Waals surface area contributed by atoms with E-state index in [1.807, 2.05) is 6.07 Å². The van der Waals surface area contributed by atoms with Crippen molar-refractivity contribution in [3.63, 3.8) is 0 Å². The van der Waals surface area contributed by atoms with Crippen LogP contribution in [0.5, 0.6) is 0 Å². The summed E-state index contributed by atoms with van der Waals surface area (Å²) in [6.45, 7) is 2.52. The first kappa shape index (κ1) is 17.6. The van der Waals surface area contributed by atoms with Crippen LogP contribution in [0.2, 0.25) is 0 Å². The molecular weight excluding hydrogens is 342 g/mol. The summed E-state index contributed by atoms with van der Waals surface area (Å²) in [5, 5.41) is 7.14. The van der Waals surface area contributed by atoms with E-state index in [9.17, 15) is 13.2 Å². The Balaban J connectivity index is 1.58. The molecule has 134 valence electrons. The molecule has 1 N–H and O–H groups in total. The van der Waals surface area contributed by atoms with E-state index in [1.54, 1.807) is 36.3 Å². The van der Waals surface area contributed by atoms with Gasteiger partial charge in [-0.15, -0.1) is 0 Å². The Morgan fingerprint density at radius 3 is 2.72 bits per heavy atom. The molecule has 3 heterocycles. The lowest BCUT2D eigenvalue weighted by Gasteiger charge is -2.31. The highest BCUT2D eigenvalue weighted by molar-refractivity contribution is 7.89. The summed E-state index contributed by atoms with van der Waals surface area (Å²) in [6.07, 6.45) is 7.73. The topological polar surface area (TPSA) is 97.2 Å². The first-order valence-electron chi connectivity index (χ1n) is 8.23. The number of aromatic nitrogens is 3. The second-order valence-corrected chi connectivity index (χ2v) is 8.19. The highest BCUT2D eigenvalue weighted by Crippen LogP contribution is 2.15. The summed E-state index contributed by atoms with van der Waals surface area (Å²) in [5.41, 5.74) is 1.24. The van der Waals surface area contributed by atoms with Crippen LogP contribution in [0.1, 0.15) is 30.1 Å². The predicted molar refractivity (Wildman–Crippen MR) is 92.9 cm³/mol. The van der Waals surface area contributed by atoms with E-state index >= 15 is 0 Å². The minimum Gasteiger partial charge on any atom is -0.349 e. The van der Waals surface area contributed by atoms with Gasteiger partial charge in [0.05, 0.1) is 29.4 Å². The minimum absolute atomic E-state index is 0.0300. The Kier molecular flexibility index (Phi) is 5.14. The van der Waals surface area contributed by atoms with Crippen LogP contribution >= 0.6 is 0 Å². The molecule has 2 aromatic rings. The molecule has 1 aliphatic heterocycles. The smallest absolute Gasteiger partial charge is 0.254 e. The number of pyridine rings is 1. The van der Waals surface area contributed by atoms with Gasteiger partial charge < -0.3 is 5.32 Å². The molecule has 0 atom stereocenters. The Bertz CT molecular complexity index is 826. The molecule has 3 rings (SSSR count). The van der Waals surface area contributed by atoms with Crippen LogP contribution in [0, 0.1) is 0 Å². The zero-order chi connectivity index (χ0) is 17.9. The molecule has 1 aliphatic rings. The van der Waals surface area contributed by atoms with Gasteiger partial charge in [0.15, 0.2) is 0 Å². The number of nitrogens with zero attached hydrogens (tertiary/aromatic N) is 4. The van der Waals surface area contributed by atoms with E-state index in [0.29, 0.717) is 31.5 Å². The molecule has 0 spiro atoms. The van der Waals surface area contributed by atoms with Crippen molar-refractivity contribution < 1.29 is 13.2 Å². The molecule has 0 bridgehead atoms. The molecule has 0 aromatic carbocycles. The van der Waals surface area contributed by atoms with Crippen LogP contribution in [0.4, 0.5) is 0 Å². The summed E-state index contributed by atoms with van der Waals surface area (Å²) in [4.78, 5) is 16.4. The Morgan fingerprint density at radius 2 is 2.08 bits per heavy atom. The van der Waals surface area contributed by atoms with Crippen molar-refractivity contribution in [2.75, 3.05) is 18.8 Å². The minimum atomic E-state index is -3.15. The van der Waals surface area contributed by atoms with Crippen LogP contribution in [0.3, 0.4) is 0 Å². The molecule has 8 nitrogen and oxygen atoms in total. The van der Waals surface area contributed by atoms with Crippen LogP contribution in [0.25, 0.3) is 5.69 Å². The maximum Gasteiger partial charge on any atom is 0.254 e. The number of sulfonamides is 1. The van der Waals surface area contributed by atoms with E-state index in [-0.39, 0.29) is 17.7 Å². The molecule has 0 radical (unpaired) electrons. The third-order valence-corrected chi connectivity index (χ3v) is 6.18. The lowest BCUT2D eigenvalue weighted by molar-refractivity contribution is 0.0924. The summed E-state index contributed by atoms with van der Waals surface area (Å²) in [7, 11) is -3.15. The highest BCUT2D eigenvalue weighted by Gasteiger charge is 2.27. The SMILES string of the molecule is CCS(=O)(=O)N1CCC(NC(=O)c2cnn(-c3cccnc3)c2)CC1. The molecule has 9 heteroatoms. The van der Waals surface area contributed by atoms with Gasteiger partial charge in [-0.1, -0.05) is 0 Å². The van der Waals surface area contributed by atoms with Gasteiger partial charge in [0.2, 0.25) is 10.0 Å². The normalized spacial score (nSPS) is 16.7. The zero-order valence-electron chi connectivity index (χ0n) is 14.0. The van der Waals surface area contributed by atoms with E-state index in [0.717, 1.165) is 5.69 Å². The third kappa shape index (κ3) is 4.05. The second-order valence-electron chi connectivity index (χ2n) is 5.93. The number of rotatable bonds is 5. The van der Waals surface area contributed by atoms with Gasteiger partial charge in [-0.05, 0) is 31.9 Å². The van der Waals surface area contributed by atoms with Crippen molar-refractivity contribution in [2.24, 2.45) is 0 Å². The fourth-order valence-electron chi connectivity index (χ4n) is 2.80. The lowest BCUT2D eigenvalue weighted by Crippen LogP contribution is -2.46. The quantitative estimate of drug-likeness (QED) is 0.848. The van der Waals surface area contributed by atoms with Crippen LogP contribution in [-0.2, 0) is 10.0 Å². The molecule has 0 aliphatic carbocycles. The van der Waals surface area contributed by atoms with Gasteiger partial charge in [-0.3, -0.25) is 9.78 Å². The summed E-state index contributed by atoms with van der Waals surface area (Å²) in [5.74, 6) is -0.0932. The molecule has 1 saturated heterocycles. The van der Waals surface area contributed by atoms with Gasteiger partial charge in [0.25, 0.3) is 5.91 Å². The van der Waals surface area contributed by atoms with E-state index in [4.69, 9.17) is 0 Å². The predicted octanol–water partition coefficient (Wildman–Crippen LogP) is 0.811. The van der Waals surface area contributed by atoms with Crippen molar-refractivity contribution in [3.05, 3.63) is 42.5 Å². The second kappa shape index (κ2) is 7.32.